The Morgan fingerprint density at radius 3 is 2.27 bits per heavy atom. The predicted molar refractivity (Wildman–Crippen MR) is 64.0 cm³/mol. The SMILES string of the molecule is CCOC(=O)[C@H]1[C@H](C(=O)C(Br)Br)C1(C)C. The van der Waals surface area contributed by atoms with Gasteiger partial charge in [-0.2, -0.15) is 0 Å². The molecule has 0 amide bonds. The minimum Gasteiger partial charge on any atom is -0.466 e. The fourth-order valence-electron chi connectivity index (χ4n) is 1.98. The van der Waals surface area contributed by atoms with Crippen LogP contribution in [0, 0.1) is 17.3 Å². The second-order valence-corrected chi connectivity index (χ2v) is 7.29. The monoisotopic (exact) mass is 340 g/mol. The summed E-state index contributed by atoms with van der Waals surface area (Å²) >= 11 is 6.33. The van der Waals surface area contributed by atoms with Gasteiger partial charge < -0.3 is 4.74 Å². The highest BCUT2D eigenvalue weighted by atomic mass is 79.9. The van der Waals surface area contributed by atoms with Gasteiger partial charge in [0.1, 0.15) is 3.74 Å². The van der Waals surface area contributed by atoms with Crippen molar-refractivity contribution in [1.29, 1.82) is 0 Å². The van der Waals surface area contributed by atoms with Crippen LogP contribution >= 0.6 is 31.9 Å². The van der Waals surface area contributed by atoms with E-state index in [0.717, 1.165) is 0 Å². The van der Waals surface area contributed by atoms with Gasteiger partial charge in [0.15, 0.2) is 5.78 Å². The zero-order valence-corrected chi connectivity index (χ0v) is 12.1. The molecule has 1 aliphatic carbocycles. The van der Waals surface area contributed by atoms with Crippen LogP contribution < -0.4 is 0 Å². The van der Waals surface area contributed by atoms with Crippen molar-refractivity contribution in [2.75, 3.05) is 6.61 Å². The molecule has 1 aliphatic rings. The number of hydrogen-bond donors (Lipinski definition) is 0. The van der Waals surface area contributed by atoms with Crippen LogP contribution in [0.2, 0.25) is 0 Å². The zero-order valence-electron chi connectivity index (χ0n) is 8.92. The van der Waals surface area contributed by atoms with Gasteiger partial charge in [-0.3, -0.25) is 9.59 Å². The number of hydrogen-bond acceptors (Lipinski definition) is 3. The number of alkyl halides is 2. The topological polar surface area (TPSA) is 43.4 Å². The van der Waals surface area contributed by atoms with E-state index in [-0.39, 0.29) is 32.7 Å². The molecule has 1 rings (SSSR count). The highest BCUT2D eigenvalue weighted by Crippen LogP contribution is 2.60. The van der Waals surface area contributed by atoms with Gasteiger partial charge in [0.2, 0.25) is 0 Å². The Hall–Kier alpha value is 0.1000. The molecule has 2 atom stereocenters. The third-order valence-electron chi connectivity index (χ3n) is 2.89. The molecule has 0 heterocycles. The Morgan fingerprint density at radius 1 is 1.33 bits per heavy atom. The van der Waals surface area contributed by atoms with Crippen molar-refractivity contribution in [3.8, 4) is 0 Å². The first-order valence-electron chi connectivity index (χ1n) is 4.82. The Morgan fingerprint density at radius 2 is 1.87 bits per heavy atom. The smallest absolute Gasteiger partial charge is 0.310 e. The van der Waals surface area contributed by atoms with Crippen LogP contribution in [-0.4, -0.2) is 22.1 Å². The van der Waals surface area contributed by atoms with E-state index in [1.807, 2.05) is 13.8 Å². The van der Waals surface area contributed by atoms with E-state index < -0.39 is 0 Å². The van der Waals surface area contributed by atoms with Gasteiger partial charge in [0.25, 0.3) is 0 Å². The van der Waals surface area contributed by atoms with Crippen LogP contribution in [0.15, 0.2) is 0 Å². The molecule has 0 N–H and O–H groups in total. The summed E-state index contributed by atoms with van der Waals surface area (Å²) in [6, 6.07) is 0. The molecule has 5 heteroatoms. The van der Waals surface area contributed by atoms with Gasteiger partial charge in [-0.05, 0) is 12.3 Å². The van der Waals surface area contributed by atoms with E-state index in [1.54, 1.807) is 6.92 Å². The fraction of sp³-hybridized carbons (Fsp3) is 0.800. The highest BCUT2D eigenvalue weighted by molar-refractivity contribution is 9.25. The standard InChI is InChI=1S/C10H14Br2O3/c1-4-15-9(14)6-5(10(6,2)3)7(13)8(11)12/h5-6,8H,4H2,1-3H3/t5-,6-/m1/s1. The normalized spacial score (nSPS) is 27.6. The zero-order chi connectivity index (χ0) is 11.8. The predicted octanol–water partition coefficient (Wildman–Crippen LogP) is 2.51. The first-order valence-corrected chi connectivity index (χ1v) is 6.65. The van der Waals surface area contributed by atoms with E-state index in [2.05, 4.69) is 31.9 Å². The quantitative estimate of drug-likeness (QED) is 0.583. The van der Waals surface area contributed by atoms with Crippen LogP contribution in [0.3, 0.4) is 0 Å². The minimum absolute atomic E-state index is 0.0121. The van der Waals surface area contributed by atoms with Crippen molar-refractivity contribution >= 4 is 43.6 Å². The summed E-state index contributed by atoms with van der Waals surface area (Å²) in [5.74, 6) is -0.776. The first kappa shape index (κ1) is 13.2. The second-order valence-electron chi connectivity index (χ2n) is 4.23. The van der Waals surface area contributed by atoms with Crippen LogP contribution in [-0.2, 0) is 14.3 Å². The minimum atomic E-state index is -0.381. The average molecular weight is 342 g/mol. The maximum atomic E-state index is 11.7. The lowest BCUT2D eigenvalue weighted by molar-refractivity contribution is -0.146. The number of carbonyl (C=O) groups excluding carboxylic acids is 2. The molecule has 0 unspecified atom stereocenters. The van der Waals surface area contributed by atoms with Crippen molar-refractivity contribution in [2.24, 2.45) is 17.3 Å². The molecule has 1 fully saturated rings. The molecule has 0 aliphatic heterocycles. The molecule has 0 radical (unpaired) electrons. The molecule has 0 saturated heterocycles. The lowest BCUT2D eigenvalue weighted by atomic mass is 10.1. The lowest BCUT2D eigenvalue weighted by Gasteiger charge is -2.01. The number of Topliss-reactive ketones (excluding diaryl/α,β-unsaturated/α-hetero) is 1. The summed E-state index contributed by atoms with van der Waals surface area (Å²) < 4.78 is 4.56. The summed E-state index contributed by atoms with van der Waals surface area (Å²) in [7, 11) is 0. The van der Waals surface area contributed by atoms with Crippen molar-refractivity contribution in [2.45, 2.75) is 24.5 Å². The molecule has 3 nitrogen and oxygen atoms in total. The van der Waals surface area contributed by atoms with Crippen LogP contribution in [0.5, 0.6) is 0 Å². The Kier molecular flexibility index (Phi) is 3.98. The van der Waals surface area contributed by atoms with Gasteiger partial charge in [0.05, 0.1) is 12.5 Å². The van der Waals surface area contributed by atoms with Gasteiger partial charge >= 0.3 is 5.97 Å². The molecule has 0 bridgehead atoms. The van der Waals surface area contributed by atoms with Crippen molar-refractivity contribution in [3.05, 3.63) is 0 Å². The number of halogens is 2. The van der Waals surface area contributed by atoms with Crippen molar-refractivity contribution in [3.63, 3.8) is 0 Å². The van der Waals surface area contributed by atoms with Crippen LogP contribution in [0.1, 0.15) is 20.8 Å². The van der Waals surface area contributed by atoms with Gasteiger partial charge in [-0.1, -0.05) is 45.7 Å². The Labute approximate surface area is 106 Å². The Balaban J connectivity index is 2.71. The number of rotatable bonds is 4. The summed E-state index contributed by atoms with van der Waals surface area (Å²) in [5.41, 5.74) is -0.275. The maximum Gasteiger partial charge on any atom is 0.310 e. The molecular formula is C10H14Br2O3. The molecule has 86 valence electrons. The number of ketones is 1. The van der Waals surface area contributed by atoms with Gasteiger partial charge in [-0.15, -0.1) is 0 Å². The van der Waals surface area contributed by atoms with E-state index in [1.165, 1.54) is 0 Å². The Bertz CT molecular complexity index is 286. The second kappa shape index (κ2) is 4.53. The summed E-state index contributed by atoms with van der Waals surface area (Å²) in [6.07, 6.45) is 0. The van der Waals surface area contributed by atoms with E-state index in [0.29, 0.717) is 6.61 Å². The molecule has 1 saturated carbocycles. The van der Waals surface area contributed by atoms with Crippen LogP contribution in [0.4, 0.5) is 0 Å². The summed E-state index contributed by atoms with van der Waals surface area (Å²) in [6.45, 7) is 5.96. The van der Waals surface area contributed by atoms with Crippen LogP contribution in [0.25, 0.3) is 0 Å². The number of ether oxygens (including phenoxy) is 1. The van der Waals surface area contributed by atoms with E-state index in [9.17, 15) is 9.59 Å². The highest BCUT2D eigenvalue weighted by Gasteiger charge is 2.66. The summed E-state index contributed by atoms with van der Waals surface area (Å²) in [5, 5.41) is 0. The largest absolute Gasteiger partial charge is 0.466 e. The molecule has 15 heavy (non-hydrogen) atoms. The summed E-state index contributed by atoms with van der Waals surface area (Å²) in [4.78, 5) is 23.3. The molecular weight excluding hydrogens is 328 g/mol. The van der Waals surface area contributed by atoms with E-state index in [4.69, 9.17) is 4.74 Å². The molecule has 0 aromatic rings. The molecule has 0 aromatic heterocycles. The molecule has 0 spiro atoms. The third-order valence-corrected chi connectivity index (χ3v) is 3.79. The fourth-order valence-corrected chi connectivity index (χ4v) is 2.55. The third kappa shape index (κ3) is 2.44. The lowest BCUT2D eigenvalue weighted by Crippen LogP contribution is -2.15. The van der Waals surface area contributed by atoms with Gasteiger partial charge in [-0.25, -0.2) is 0 Å². The van der Waals surface area contributed by atoms with E-state index >= 15 is 0 Å². The van der Waals surface area contributed by atoms with Crippen molar-refractivity contribution < 1.29 is 14.3 Å². The average Bonchev–Trinajstić information content (AvgIpc) is 2.68. The number of esters is 1. The number of carbonyl (C=O) groups is 2. The first-order chi connectivity index (χ1) is 6.84. The van der Waals surface area contributed by atoms with Crippen molar-refractivity contribution in [1.82, 2.24) is 0 Å². The maximum absolute atomic E-state index is 11.7. The molecule has 0 aromatic carbocycles. The van der Waals surface area contributed by atoms with Gasteiger partial charge in [0, 0.05) is 5.92 Å².